The van der Waals surface area contributed by atoms with Crippen molar-refractivity contribution < 1.29 is 0 Å². The zero-order valence-corrected chi connectivity index (χ0v) is 23.0. The van der Waals surface area contributed by atoms with Gasteiger partial charge in [0.2, 0.25) is 0 Å². The van der Waals surface area contributed by atoms with Crippen LogP contribution in [0, 0.1) is 17.8 Å². The molecule has 0 aromatic carbocycles. The van der Waals surface area contributed by atoms with Crippen LogP contribution >= 0.6 is 0 Å². The van der Waals surface area contributed by atoms with Crippen molar-refractivity contribution in [3.05, 3.63) is 0 Å². The first-order valence-electron chi connectivity index (χ1n) is 15.1. The molecule has 0 amide bonds. The van der Waals surface area contributed by atoms with Crippen molar-refractivity contribution in [2.45, 2.75) is 182 Å². The van der Waals surface area contributed by atoms with E-state index < -0.39 is 0 Å². The van der Waals surface area contributed by atoms with Gasteiger partial charge in [0.15, 0.2) is 0 Å². The van der Waals surface area contributed by atoms with Crippen LogP contribution in [0.15, 0.2) is 0 Å². The molecule has 0 saturated carbocycles. The van der Waals surface area contributed by atoms with Gasteiger partial charge in [-0.05, 0) is 24.2 Å². The summed E-state index contributed by atoms with van der Waals surface area (Å²) in [6, 6.07) is 0. The molecule has 0 nitrogen and oxygen atoms in total. The predicted molar refractivity (Wildman–Crippen MR) is 145 cm³/mol. The molecule has 0 spiro atoms. The number of rotatable bonds is 25. The van der Waals surface area contributed by atoms with Crippen LogP contribution < -0.4 is 0 Å². The second-order valence-corrected chi connectivity index (χ2v) is 11.6. The first-order chi connectivity index (χ1) is 15.1. The van der Waals surface area contributed by atoms with Crippen molar-refractivity contribution in [2.24, 2.45) is 17.8 Å². The molecular weight excluding hydrogens is 372 g/mol. The van der Waals surface area contributed by atoms with Crippen molar-refractivity contribution >= 4 is 0 Å². The van der Waals surface area contributed by atoms with Gasteiger partial charge in [-0.2, -0.15) is 0 Å². The predicted octanol–water partition coefficient (Wildman–Crippen LogP) is 11.9. The van der Waals surface area contributed by atoms with Gasteiger partial charge < -0.3 is 0 Å². The Morgan fingerprint density at radius 1 is 0.355 bits per heavy atom. The van der Waals surface area contributed by atoms with Crippen LogP contribution in [-0.2, 0) is 0 Å². The third kappa shape index (κ3) is 26.1. The number of hydrogen-bond acceptors (Lipinski definition) is 0. The van der Waals surface area contributed by atoms with E-state index in [1.165, 1.54) is 148 Å². The molecule has 0 aliphatic carbocycles. The normalized spacial score (nSPS) is 13.7. The van der Waals surface area contributed by atoms with Crippen molar-refractivity contribution in [1.82, 2.24) is 0 Å². The summed E-state index contributed by atoms with van der Waals surface area (Å²) in [6.07, 6.45) is 33.8. The fourth-order valence-corrected chi connectivity index (χ4v) is 5.28. The smallest absolute Gasteiger partial charge is 0.0440 e. The lowest BCUT2D eigenvalue weighted by Gasteiger charge is -2.16. The van der Waals surface area contributed by atoms with E-state index in [1.807, 2.05) is 0 Å². The lowest BCUT2D eigenvalue weighted by Crippen LogP contribution is -2.02. The number of unbranched alkanes of at least 4 members (excludes halogenated alkanes) is 17. The highest BCUT2D eigenvalue weighted by molar-refractivity contribution is 4.60. The van der Waals surface area contributed by atoms with Crippen LogP contribution in [0.25, 0.3) is 0 Å². The van der Waals surface area contributed by atoms with Crippen molar-refractivity contribution in [2.75, 3.05) is 0 Å². The fourth-order valence-electron chi connectivity index (χ4n) is 5.28. The Labute approximate surface area is 200 Å². The maximum atomic E-state index is 2.49. The molecule has 0 aromatic heterocycles. The molecule has 0 bridgehead atoms. The summed E-state index contributed by atoms with van der Waals surface area (Å²) in [7, 11) is 0. The maximum absolute atomic E-state index is 2.49. The Kier molecular flexibility index (Phi) is 24.6. The zero-order valence-electron chi connectivity index (χ0n) is 23.0. The van der Waals surface area contributed by atoms with E-state index in [-0.39, 0.29) is 0 Å². The van der Waals surface area contributed by atoms with E-state index in [1.54, 1.807) is 0 Å². The molecule has 0 aliphatic heterocycles. The van der Waals surface area contributed by atoms with E-state index in [0.29, 0.717) is 0 Å². The van der Waals surface area contributed by atoms with Crippen LogP contribution in [0.5, 0.6) is 0 Å². The molecule has 0 rings (SSSR count). The second-order valence-electron chi connectivity index (χ2n) is 11.6. The summed E-state index contributed by atoms with van der Waals surface area (Å²) in [5.74, 6) is 2.75. The summed E-state index contributed by atoms with van der Waals surface area (Å²) in [5.41, 5.74) is 0. The summed E-state index contributed by atoms with van der Waals surface area (Å²) in [5, 5.41) is 0. The molecule has 0 saturated heterocycles. The van der Waals surface area contributed by atoms with Crippen LogP contribution in [0.3, 0.4) is 0 Å². The minimum Gasteiger partial charge on any atom is -0.0654 e. The van der Waals surface area contributed by atoms with Gasteiger partial charge in [0.1, 0.15) is 0 Å². The standard InChI is InChI=1S/C31H64/c1-6-7-8-9-10-11-12-13-14-15-16-17-18-19-20-21-22-23-25-30(4)26-24-27-31(5)28-29(2)3/h29-31H,6-28H2,1-5H3. The van der Waals surface area contributed by atoms with Gasteiger partial charge in [0, 0.05) is 0 Å². The average molecular weight is 437 g/mol. The molecule has 0 heteroatoms. The average Bonchev–Trinajstić information content (AvgIpc) is 2.72. The highest BCUT2D eigenvalue weighted by Crippen LogP contribution is 2.22. The van der Waals surface area contributed by atoms with E-state index in [4.69, 9.17) is 0 Å². The van der Waals surface area contributed by atoms with Gasteiger partial charge in [-0.1, -0.05) is 176 Å². The lowest BCUT2D eigenvalue weighted by atomic mass is 9.91. The third-order valence-corrected chi connectivity index (χ3v) is 7.32. The maximum Gasteiger partial charge on any atom is -0.0440 e. The lowest BCUT2D eigenvalue weighted by molar-refractivity contribution is 0.371. The third-order valence-electron chi connectivity index (χ3n) is 7.32. The largest absolute Gasteiger partial charge is 0.0654 e. The van der Waals surface area contributed by atoms with E-state index in [0.717, 1.165) is 17.8 Å². The molecular formula is C31H64. The van der Waals surface area contributed by atoms with Crippen LogP contribution in [0.2, 0.25) is 0 Å². The van der Waals surface area contributed by atoms with Gasteiger partial charge in [-0.3, -0.25) is 0 Å². The molecule has 0 N–H and O–H groups in total. The van der Waals surface area contributed by atoms with E-state index in [9.17, 15) is 0 Å². The SMILES string of the molecule is CCCCCCCCCCCCCCCCCCCCC(C)CCCC(C)CC(C)C. The minimum absolute atomic E-state index is 0.868. The zero-order chi connectivity index (χ0) is 23.0. The summed E-state index contributed by atoms with van der Waals surface area (Å²) in [4.78, 5) is 0. The molecule has 0 fully saturated rings. The molecule has 2 unspecified atom stereocenters. The molecule has 0 radical (unpaired) electrons. The highest BCUT2D eigenvalue weighted by atomic mass is 14.1. The quantitative estimate of drug-likeness (QED) is 0.125. The highest BCUT2D eigenvalue weighted by Gasteiger charge is 2.07. The molecule has 0 aromatic rings. The van der Waals surface area contributed by atoms with Gasteiger partial charge in [-0.15, -0.1) is 0 Å². The Bertz CT molecular complexity index is 318. The second kappa shape index (κ2) is 24.6. The van der Waals surface area contributed by atoms with Gasteiger partial charge in [0.25, 0.3) is 0 Å². The van der Waals surface area contributed by atoms with Crippen LogP contribution in [0.1, 0.15) is 182 Å². The number of hydrogen-bond donors (Lipinski definition) is 0. The Balaban J connectivity index is 3.18. The monoisotopic (exact) mass is 437 g/mol. The van der Waals surface area contributed by atoms with E-state index >= 15 is 0 Å². The van der Waals surface area contributed by atoms with Crippen molar-refractivity contribution in [1.29, 1.82) is 0 Å². The summed E-state index contributed by atoms with van der Waals surface area (Å²) in [6.45, 7) is 12.0. The summed E-state index contributed by atoms with van der Waals surface area (Å²) >= 11 is 0. The molecule has 0 aliphatic rings. The van der Waals surface area contributed by atoms with Crippen molar-refractivity contribution in [3.63, 3.8) is 0 Å². The van der Waals surface area contributed by atoms with Gasteiger partial charge >= 0.3 is 0 Å². The van der Waals surface area contributed by atoms with Gasteiger partial charge in [0.05, 0.1) is 0 Å². The van der Waals surface area contributed by atoms with Crippen molar-refractivity contribution in [3.8, 4) is 0 Å². The van der Waals surface area contributed by atoms with Gasteiger partial charge in [-0.25, -0.2) is 0 Å². The first-order valence-corrected chi connectivity index (χ1v) is 15.1. The Morgan fingerprint density at radius 3 is 1.06 bits per heavy atom. The van der Waals surface area contributed by atoms with Crippen LogP contribution in [-0.4, -0.2) is 0 Å². The van der Waals surface area contributed by atoms with E-state index in [2.05, 4.69) is 34.6 Å². The Morgan fingerprint density at radius 2 is 0.677 bits per heavy atom. The topological polar surface area (TPSA) is 0 Å². The Hall–Kier alpha value is 0. The molecule has 2 atom stereocenters. The van der Waals surface area contributed by atoms with Crippen LogP contribution in [0.4, 0.5) is 0 Å². The molecule has 0 heterocycles. The minimum atomic E-state index is 0.868. The fraction of sp³-hybridized carbons (Fsp3) is 1.00. The first kappa shape index (κ1) is 31.0. The molecule has 188 valence electrons. The molecule has 31 heavy (non-hydrogen) atoms. The summed E-state index contributed by atoms with van der Waals surface area (Å²) < 4.78 is 0.